The minimum atomic E-state index is 0. The van der Waals surface area contributed by atoms with Gasteiger partial charge in [-0.05, 0) is 18.9 Å². The van der Waals surface area contributed by atoms with Crippen LogP contribution in [0.1, 0.15) is 24.4 Å². The molecule has 0 aliphatic carbocycles. The highest BCUT2D eigenvalue weighted by Gasteiger charge is 2.27. The molecule has 0 aromatic carbocycles. The van der Waals surface area contributed by atoms with Crippen molar-refractivity contribution in [3.63, 3.8) is 0 Å². The van der Waals surface area contributed by atoms with E-state index in [1.807, 2.05) is 36.1 Å². The van der Waals surface area contributed by atoms with Gasteiger partial charge < -0.3 is 24.0 Å². The Labute approximate surface area is 106 Å². The van der Waals surface area contributed by atoms with E-state index < -0.39 is 0 Å². The molecule has 1 saturated heterocycles. The zero-order valence-electron chi connectivity index (χ0n) is 8.64. The van der Waals surface area contributed by atoms with E-state index in [0.29, 0.717) is 0 Å². The van der Waals surface area contributed by atoms with E-state index in [1.165, 1.54) is 5.56 Å². The first-order valence-corrected chi connectivity index (χ1v) is 4.86. The SMILES string of the molecule is C[n+]1cccc([C@@H]2CCCN2N=O)c1.[I-]. The molecular formula is C10H14IN3O. The summed E-state index contributed by atoms with van der Waals surface area (Å²) in [5, 5.41) is 4.68. The Morgan fingerprint density at radius 3 is 3.07 bits per heavy atom. The van der Waals surface area contributed by atoms with Crippen molar-refractivity contribution in [1.82, 2.24) is 5.01 Å². The number of hydrogen-bond acceptors (Lipinski definition) is 2. The molecule has 15 heavy (non-hydrogen) atoms. The average molecular weight is 319 g/mol. The average Bonchev–Trinajstić information content (AvgIpc) is 2.65. The molecule has 0 N–H and O–H groups in total. The number of aromatic nitrogens is 1. The molecule has 82 valence electrons. The van der Waals surface area contributed by atoms with Gasteiger partial charge in [-0.15, -0.1) is 4.91 Å². The van der Waals surface area contributed by atoms with Gasteiger partial charge in [-0.25, -0.2) is 4.57 Å². The molecule has 1 aliphatic heterocycles. The maximum absolute atomic E-state index is 10.5. The van der Waals surface area contributed by atoms with Crippen LogP contribution in [0.4, 0.5) is 0 Å². The van der Waals surface area contributed by atoms with Crippen molar-refractivity contribution in [2.24, 2.45) is 12.3 Å². The summed E-state index contributed by atoms with van der Waals surface area (Å²) >= 11 is 0. The maximum Gasteiger partial charge on any atom is 0.173 e. The second-order valence-electron chi connectivity index (χ2n) is 3.71. The molecule has 0 bridgehead atoms. The number of hydrogen-bond donors (Lipinski definition) is 0. The largest absolute Gasteiger partial charge is 1.00 e. The van der Waals surface area contributed by atoms with E-state index in [1.54, 1.807) is 5.01 Å². The van der Waals surface area contributed by atoms with Crippen molar-refractivity contribution in [1.29, 1.82) is 0 Å². The quantitative estimate of drug-likeness (QED) is 0.371. The summed E-state index contributed by atoms with van der Waals surface area (Å²) in [6.07, 6.45) is 6.11. The lowest BCUT2D eigenvalue weighted by atomic mass is 10.1. The topological polar surface area (TPSA) is 36.5 Å². The van der Waals surface area contributed by atoms with Gasteiger partial charge in [0, 0.05) is 18.2 Å². The van der Waals surface area contributed by atoms with Crippen LogP contribution in [0, 0.1) is 4.91 Å². The van der Waals surface area contributed by atoms with Crippen LogP contribution in [0.2, 0.25) is 0 Å². The van der Waals surface area contributed by atoms with Gasteiger partial charge in [-0.1, -0.05) is 0 Å². The number of rotatable bonds is 2. The Bertz CT molecular complexity index is 345. The summed E-state index contributed by atoms with van der Waals surface area (Å²) in [6, 6.07) is 4.23. The van der Waals surface area contributed by atoms with Crippen LogP contribution in [-0.2, 0) is 7.05 Å². The molecule has 1 fully saturated rings. The second-order valence-corrected chi connectivity index (χ2v) is 3.71. The van der Waals surface area contributed by atoms with Crippen LogP contribution in [0.3, 0.4) is 0 Å². The predicted octanol–water partition coefficient (Wildman–Crippen LogP) is -1.67. The van der Waals surface area contributed by atoms with Gasteiger partial charge in [0.15, 0.2) is 12.4 Å². The highest BCUT2D eigenvalue weighted by atomic mass is 127. The summed E-state index contributed by atoms with van der Waals surface area (Å²) in [5.74, 6) is 0. The number of halogens is 1. The monoisotopic (exact) mass is 319 g/mol. The highest BCUT2D eigenvalue weighted by Crippen LogP contribution is 2.30. The van der Waals surface area contributed by atoms with Crippen molar-refractivity contribution in [3.8, 4) is 0 Å². The molecule has 0 saturated carbocycles. The van der Waals surface area contributed by atoms with E-state index in [4.69, 9.17) is 0 Å². The van der Waals surface area contributed by atoms with Gasteiger partial charge in [0.05, 0.1) is 11.3 Å². The molecule has 1 aliphatic rings. The number of pyridine rings is 1. The lowest BCUT2D eigenvalue weighted by molar-refractivity contribution is -0.672. The summed E-state index contributed by atoms with van der Waals surface area (Å²) in [7, 11) is 1.98. The van der Waals surface area contributed by atoms with Gasteiger partial charge in [-0.3, -0.25) is 5.01 Å². The molecule has 2 rings (SSSR count). The number of nitrogens with zero attached hydrogens (tertiary/aromatic N) is 3. The number of nitroso groups, excluding NO2 is 1. The fraction of sp³-hybridized carbons (Fsp3) is 0.500. The van der Waals surface area contributed by atoms with Crippen LogP contribution in [0.15, 0.2) is 29.8 Å². The lowest BCUT2D eigenvalue weighted by Crippen LogP contribution is -3.00. The van der Waals surface area contributed by atoms with Gasteiger partial charge in [0.2, 0.25) is 0 Å². The first kappa shape index (κ1) is 12.4. The summed E-state index contributed by atoms with van der Waals surface area (Å²) in [6.45, 7) is 0.784. The van der Waals surface area contributed by atoms with Crippen molar-refractivity contribution < 1.29 is 28.5 Å². The molecule has 0 spiro atoms. The normalized spacial score (nSPS) is 19.8. The van der Waals surface area contributed by atoms with Gasteiger partial charge >= 0.3 is 0 Å². The van der Waals surface area contributed by atoms with Crippen LogP contribution in [0.5, 0.6) is 0 Å². The van der Waals surface area contributed by atoms with Crippen molar-refractivity contribution in [2.75, 3.05) is 6.54 Å². The van der Waals surface area contributed by atoms with E-state index in [2.05, 4.69) is 5.29 Å². The fourth-order valence-electron chi connectivity index (χ4n) is 2.00. The molecule has 2 heterocycles. The van der Waals surface area contributed by atoms with Gasteiger partial charge in [-0.2, -0.15) is 0 Å². The molecule has 1 aromatic heterocycles. The summed E-state index contributed by atoms with van der Waals surface area (Å²) < 4.78 is 2.00. The molecule has 0 unspecified atom stereocenters. The van der Waals surface area contributed by atoms with E-state index in [-0.39, 0.29) is 30.0 Å². The lowest BCUT2D eigenvalue weighted by Gasteiger charge is -2.16. The zero-order chi connectivity index (χ0) is 9.97. The minimum absolute atomic E-state index is 0. The zero-order valence-corrected chi connectivity index (χ0v) is 10.8. The van der Waals surface area contributed by atoms with Gasteiger partial charge in [0.1, 0.15) is 7.05 Å². The van der Waals surface area contributed by atoms with Crippen molar-refractivity contribution >= 4 is 0 Å². The molecular weight excluding hydrogens is 305 g/mol. The van der Waals surface area contributed by atoms with E-state index in [9.17, 15) is 4.91 Å². The van der Waals surface area contributed by atoms with Crippen molar-refractivity contribution in [2.45, 2.75) is 18.9 Å². The smallest absolute Gasteiger partial charge is 0.173 e. The molecule has 4 nitrogen and oxygen atoms in total. The predicted molar refractivity (Wildman–Crippen MR) is 52.1 cm³/mol. The Balaban J connectivity index is 0.00000112. The summed E-state index contributed by atoms with van der Waals surface area (Å²) in [5.41, 5.74) is 1.17. The van der Waals surface area contributed by atoms with E-state index in [0.717, 1.165) is 19.4 Å². The Hall–Kier alpha value is -0.720. The molecule has 0 amide bonds. The molecule has 1 atom stereocenters. The number of aryl methyl sites for hydroxylation is 1. The Kier molecular flexibility index (Phi) is 4.44. The van der Waals surface area contributed by atoms with E-state index >= 15 is 0 Å². The van der Waals surface area contributed by atoms with Crippen LogP contribution >= 0.6 is 0 Å². The summed E-state index contributed by atoms with van der Waals surface area (Å²) in [4.78, 5) is 10.5. The first-order valence-electron chi connectivity index (χ1n) is 4.86. The van der Waals surface area contributed by atoms with Crippen molar-refractivity contribution in [3.05, 3.63) is 35.0 Å². The van der Waals surface area contributed by atoms with Crippen LogP contribution < -0.4 is 28.5 Å². The third kappa shape index (κ3) is 2.64. The third-order valence-corrected chi connectivity index (χ3v) is 2.68. The standard InChI is InChI=1S/C10H14N3O.HI/c1-12-6-2-4-9(8-12)10-5-3-7-13(10)11-14;/h2,4,6,8,10H,3,5,7H2,1H3;1H/q+1;/p-1/t10-;/m0./s1. The fourth-order valence-corrected chi connectivity index (χ4v) is 2.00. The van der Waals surface area contributed by atoms with Crippen LogP contribution in [-0.4, -0.2) is 11.6 Å². The van der Waals surface area contributed by atoms with Gasteiger partial charge in [0.25, 0.3) is 0 Å². The first-order chi connectivity index (χ1) is 6.81. The third-order valence-electron chi connectivity index (χ3n) is 2.68. The Morgan fingerprint density at radius 2 is 2.40 bits per heavy atom. The Morgan fingerprint density at radius 1 is 1.60 bits per heavy atom. The minimum Gasteiger partial charge on any atom is -1.00 e. The highest BCUT2D eigenvalue weighted by molar-refractivity contribution is 5.12. The van der Waals surface area contributed by atoms with Crippen LogP contribution in [0.25, 0.3) is 0 Å². The molecule has 1 aromatic rings. The molecule has 5 heteroatoms. The second kappa shape index (κ2) is 5.39. The molecule has 0 radical (unpaired) electrons. The maximum atomic E-state index is 10.5.